The van der Waals surface area contributed by atoms with Crippen molar-refractivity contribution in [1.29, 1.82) is 0 Å². The first-order valence-electron chi connectivity index (χ1n) is 8.79. The lowest BCUT2D eigenvalue weighted by atomic mass is 9.77. The summed E-state index contributed by atoms with van der Waals surface area (Å²) < 4.78 is 12.8. The first kappa shape index (κ1) is 19.3. The Morgan fingerprint density at radius 3 is 2.52 bits per heavy atom. The molecule has 144 valence electrons. The van der Waals surface area contributed by atoms with Crippen LogP contribution in [0, 0.1) is 6.92 Å². The van der Waals surface area contributed by atoms with E-state index in [1.165, 1.54) is 0 Å². The minimum atomic E-state index is -0.460. The van der Waals surface area contributed by atoms with E-state index in [4.69, 9.17) is 15.0 Å². The summed E-state index contributed by atoms with van der Waals surface area (Å²) in [5.74, 6) is 1.71. The van der Waals surface area contributed by atoms with Gasteiger partial charge in [0.25, 0.3) is 5.89 Å². The van der Waals surface area contributed by atoms with Gasteiger partial charge in [-0.05, 0) is 64.3 Å². The number of nitrogens with zero attached hydrogens (tertiary/aromatic N) is 5. The van der Waals surface area contributed by atoms with Gasteiger partial charge in [-0.3, -0.25) is 0 Å². The fourth-order valence-corrected chi connectivity index (χ4v) is 3.01. The van der Waals surface area contributed by atoms with Crippen LogP contribution >= 0.6 is 12.4 Å². The lowest BCUT2D eigenvalue weighted by Crippen LogP contribution is -2.44. The van der Waals surface area contributed by atoms with Gasteiger partial charge >= 0.3 is 0 Å². The monoisotopic (exact) mass is 390 g/mol. The second-order valence-electron chi connectivity index (χ2n) is 7.03. The van der Waals surface area contributed by atoms with Crippen molar-refractivity contribution < 1.29 is 9.26 Å². The zero-order valence-electron chi connectivity index (χ0n) is 15.5. The molecular formula is C18H23ClN6O2. The smallest absolute Gasteiger partial charge is 0.280 e. The predicted molar refractivity (Wildman–Crippen MR) is 102 cm³/mol. The maximum atomic E-state index is 6.26. The Balaban J connectivity index is 0.00000210. The maximum absolute atomic E-state index is 6.26. The van der Waals surface area contributed by atoms with Crippen LogP contribution in [0.5, 0.6) is 5.75 Å². The Morgan fingerprint density at radius 2 is 1.93 bits per heavy atom. The Morgan fingerprint density at radius 1 is 1.22 bits per heavy atom. The number of benzene rings is 1. The number of nitrogens with two attached hydrogens (primary N) is 1. The van der Waals surface area contributed by atoms with Crippen LogP contribution < -0.4 is 10.5 Å². The van der Waals surface area contributed by atoms with Gasteiger partial charge in [-0.25, -0.2) is 4.68 Å². The molecule has 0 bridgehead atoms. The van der Waals surface area contributed by atoms with Gasteiger partial charge in [-0.2, -0.15) is 4.98 Å². The third-order valence-corrected chi connectivity index (χ3v) is 4.67. The third-order valence-electron chi connectivity index (χ3n) is 4.67. The van der Waals surface area contributed by atoms with Crippen LogP contribution in [0.1, 0.15) is 44.6 Å². The first-order chi connectivity index (χ1) is 12.5. The molecule has 0 aliphatic heterocycles. The predicted octanol–water partition coefficient (Wildman–Crippen LogP) is 3.17. The van der Waals surface area contributed by atoms with Crippen molar-refractivity contribution >= 4 is 12.4 Å². The van der Waals surface area contributed by atoms with E-state index in [0.717, 1.165) is 36.4 Å². The fraction of sp³-hybridized carbons (Fsp3) is 0.444. The molecule has 1 aromatic carbocycles. The molecule has 9 heteroatoms. The van der Waals surface area contributed by atoms with E-state index >= 15 is 0 Å². The number of halogens is 1. The van der Waals surface area contributed by atoms with Gasteiger partial charge in [-0.1, -0.05) is 10.4 Å². The minimum Gasteiger partial charge on any atom is -0.491 e. The SMILES string of the molecule is Cc1c(-c2nc(C3(N)CCC3)no2)nnn1-c1ccc(OC(C)C)cc1.Cl. The van der Waals surface area contributed by atoms with Crippen molar-refractivity contribution in [3.05, 3.63) is 35.8 Å². The van der Waals surface area contributed by atoms with Crippen LogP contribution in [-0.4, -0.2) is 31.2 Å². The van der Waals surface area contributed by atoms with Gasteiger partial charge in [0, 0.05) is 0 Å². The number of hydrogen-bond acceptors (Lipinski definition) is 7. The highest BCUT2D eigenvalue weighted by Crippen LogP contribution is 2.37. The Labute approximate surface area is 163 Å². The lowest BCUT2D eigenvalue weighted by Gasteiger charge is -2.34. The van der Waals surface area contributed by atoms with E-state index in [9.17, 15) is 0 Å². The first-order valence-corrected chi connectivity index (χ1v) is 8.79. The topological polar surface area (TPSA) is 105 Å². The van der Waals surface area contributed by atoms with Crippen molar-refractivity contribution in [2.75, 3.05) is 0 Å². The standard InChI is InChI=1S/C18H22N6O2.ClH/c1-11(2)25-14-7-5-13(6-8-14)24-12(3)15(21-23-24)16-20-17(22-26-16)18(19)9-4-10-18;/h5-8,11H,4,9-10,19H2,1-3H3;1H. The Kier molecular flexibility index (Phi) is 5.21. The van der Waals surface area contributed by atoms with Crippen LogP contribution in [0.3, 0.4) is 0 Å². The number of aromatic nitrogens is 5. The van der Waals surface area contributed by atoms with Crippen molar-refractivity contribution in [2.24, 2.45) is 5.73 Å². The number of ether oxygens (including phenoxy) is 1. The highest BCUT2D eigenvalue weighted by atomic mass is 35.5. The van der Waals surface area contributed by atoms with Gasteiger partial charge in [0.15, 0.2) is 11.5 Å². The van der Waals surface area contributed by atoms with Gasteiger partial charge in [0.1, 0.15) is 5.75 Å². The van der Waals surface area contributed by atoms with Crippen LogP contribution in [-0.2, 0) is 5.54 Å². The quantitative estimate of drug-likeness (QED) is 0.713. The fourth-order valence-electron chi connectivity index (χ4n) is 3.01. The van der Waals surface area contributed by atoms with Crippen molar-refractivity contribution in [3.8, 4) is 23.0 Å². The summed E-state index contributed by atoms with van der Waals surface area (Å²) in [5, 5.41) is 12.5. The second kappa shape index (κ2) is 7.28. The summed E-state index contributed by atoms with van der Waals surface area (Å²) in [5.41, 5.74) is 8.06. The van der Waals surface area contributed by atoms with Gasteiger partial charge < -0.3 is 15.0 Å². The molecule has 0 saturated heterocycles. The molecule has 2 N–H and O–H groups in total. The van der Waals surface area contributed by atoms with Crippen LogP contribution in [0.4, 0.5) is 0 Å². The highest BCUT2D eigenvalue weighted by Gasteiger charge is 2.39. The van der Waals surface area contributed by atoms with E-state index in [2.05, 4.69) is 20.5 Å². The average Bonchev–Trinajstić information content (AvgIpc) is 3.20. The molecule has 0 amide bonds. The molecule has 0 spiro atoms. The molecule has 27 heavy (non-hydrogen) atoms. The van der Waals surface area contributed by atoms with Gasteiger partial charge in [0.05, 0.1) is 23.0 Å². The van der Waals surface area contributed by atoms with E-state index in [0.29, 0.717) is 17.4 Å². The lowest BCUT2D eigenvalue weighted by molar-refractivity contribution is 0.229. The molecule has 4 rings (SSSR count). The summed E-state index contributed by atoms with van der Waals surface area (Å²) in [6.45, 7) is 5.91. The van der Waals surface area contributed by atoms with Crippen molar-refractivity contribution in [1.82, 2.24) is 25.1 Å². The maximum Gasteiger partial charge on any atom is 0.280 e. The summed E-state index contributed by atoms with van der Waals surface area (Å²) in [6, 6.07) is 7.70. The van der Waals surface area contributed by atoms with E-state index < -0.39 is 5.54 Å². The molecule has 1 saturated carbocycles. The van der Waals surface area contributed by atoms with Crippen LogP contribution in [0.15, 0.2) is 28.8 Å². The van der Waals surface area contributed by atoms with E-state index in [1.807, 2.05) is 45.0 Å². The Hall–Kier alpha value is -2.45. The molecule has 2 heterocycles. The van der Waals surface area contributed by atoms with Crippen LogP contribution in [0.25, 0.3) is 17.3 Å². The molecule has 1 aliphatic rings. The molecule has 1 fully saturated rings. The van der Waals surface area contributed by atoms with Crippen LogP contribution in [0.2, 0.25) is 0 Å². The Bertz CT molecular complexity index is 914. The third kappa shape index (κ3) is 3.54. The van der Waals surface area contributed by atoms with Gasteiger partial charge in [0.2, 0.25) is 0 Å². The number of hydrogen-bond donors (Lipinski definition) is 1. The molecule has 3 aromatic rings. The normalized spacial score (nSPS) is 15.3. The zero-order valence-corrected chi connectivity index (χ0v) is 16.4. The van der Waals surface area contributed by atoms with Gasteiger partial charge in [-0.15, -0.1) is 17.5 Å². The second-order valence-corrected chi connectivity index (χ2v) is 7.03. The molecule has 8 nitrogen and oxygen atoms in total. The zero-order chi connectivity index (χ0) is 18.3. The summed E-state index contributed by atoms with van der Waals surface area (Å²) in [4.78, 5) is 4.45. The molecular weight excluding hydrogens is 368 g/mol. The molecule has 0 unspecified atom stereocenters. The summed E-state index contributed by atoms with van der Waals surface area (Å²) in [7, 11) is 0. The average molecular weight is 391 g/mol. The molecule has 2 aromatic heterocycles. The summed E-state index contributed by atoms with van der Waals surface area (Å²) in [6.07, 6.45) is 2.98. The van der Waals surface area contributed by atoms with E-state index in [-0.39, 0.29) is 18.5 Å². The molecule has 0 radical (unpaired) electrons. The van der Waals surface area contributed by atoms with E-state index in [1.54, 1.807) is 4.68 Å². The minimum absolute atomic E-state index is 0. The molecule has 1 aliphatic carbocycles. The number of rotatable bonds is 5. The molecule has 0 atom stereocenters. The van der Waals surface area contributed by atoms with Crippen molar-refractivity contribution in [2.45, 2.75) is 51.7 Å². The summed E-state index contributed by atoms with van der Waals surface area (Å²) >= 11 is 0. The highest BCUT2D eigenvalue weighted by molar-refractivity contribution is 5.85. The van der Waals surface area contributed by atoms with Crippen molar-refractivity contribution in [3.63, 3.8) is 0 Å². The largest absolute Gasteiger partial charge is 0.491 e.